The van der Waals surface area contributed by atoms with Crippen LogP contribution in [0.5, 0.6) is 0 Å². The minimum absolute atomic E-state index is 0.0546. The number of anilines is 2. The Kier molecular flexibility index (Phi) is 4.16. The first-order valence-corrected chi connectivity index (χ1v) is 6.46. The number of carbonyl (C=O) groups is 1. The van der Waals surface area contributed by atoms with Gasteiger partial charge in [0, 0.05) is 5.69 Å². The van der Waals surface area contributed by atoms with E-state index in [2.05, 4.69) is 5.32 Å². The molecule has 0 saturated heterocycles. The first-order valence-electron chi connectivity index (χ1n) is 5.71. The van der Waals surface area contributed by atoms with E-state index in [1.54, 1.807) is 13.0 Å². The van der Waals surface area contributed by atoms with Crippen molar-refractivity contribution >= 4 is 40.5 Å². The molecule has 0 bridgehead atoms. The first-order chi connectivity index (χ1) is 9.40. The largest absolute Gasteiger partial charge is 0.398 e. The maximum atomic E-state index is 13.3. The summed E-state index contributed by atoms with van der Waals surface area (Å²) < 4.78 is 13.3. The lowest BCUT2D eigenvalue weighted by molar-refractivity contribution is 0.102. The molecule has 2 rings (SSSR count). The lowest BCUT2D eigenvalue weighted by atomic mass is 10.1. The van der Waals surface area contributed by atoms with E-state index in [1.165, 1.54) is 24.3 Å². The maximum absolute atomic E-state index is 13.3. The van der Waals surface area contributed by atoms with Gasteiger partial charge in [-0.15, -0.1) is 0 Å². The van der Waals surface area contributed by atoms with Crippen molar-refractivity contribution in [3.05, 3.63) is 57.3 Å². The SMILES string of the molecule is Cc1cc(N)c(Cl)cc1NC(=O)c1cccc(F)c1Cl. The molecule has 0 saturated carbocycles. The molecular formula is C14H11Cl2FN2O. The predicted molar refractivity (Wildman–Crippen MR) is 80.0 cm³/mol. The topological polar surface area (TPSA) is 55.1 Å². The van der Waals surface area contributed by atoms with Gasteiger partial charge in [0.2, 0.25) is 0 Å². The van der Waals surface area contributed by atoms with Crippen LogP contribution in [0.1, 0.15) is 15.9 Å². The van der Waals surface area contributed by atoms with Gasteiger partial charge in [-0.2, -0.15) is 0 Å². The van der Waals surface area contributed by atoms with Crippen molar-refractivity contribution in [2.24, 2.45) is 0 Å². The van der Waals surface area contributed by atoms with Gasteiger partial charge in [0.25, 0.3) is 5.91 Å². The highest BCUT2D eigenvalue weighted by Crippen LogP contribution is 2.28. The second-order valence-corrected chi connectivity index (χ2v) is 5.03. The molecular weight excluding hydrogens is 302 g/mol. The third kappa shape index (κ3) is 2.86. The van der Waals surface area contributed by atoms with Gasteiger partial charge >= 0.3 is 0 Å². The number of nitrogens with two attached hydrogens (primary N) is 1. The molecule has 2 aromatic rings. The smallest absolute Gasteiger partial charge is 0.257 e. The summed E-state index contributed by atoms with van der Waals surface area (Å²) >= 11 is 11.7. The predicted octanol–water partition coefficient (Wildman–Crippen LogP) is 4.28. The van der Waals surface area contributed by atoms with E-state index in [1.807, 2.05) is 0 Å². The van der Waals surface area contributed by atoms with Gasteiger partial charge in [-0.05, 0) is 36.8 Å². The fourth-order valence-corrected chi connectivity index (χ4v) is 2.08. The normalized spacial score (nSPS) is 10.4. The minimum atomic E-state index is -0.647. The molecule has 104 valence electrons. The van der Waals surface area contributed by atoms with Crippen LogP contribution in [0.25, 0.3) is 0 Å². The van der Waals surface area contributed by atoms with Gasteiger partial charge in [-0.25, -0.2) is 4.39 Å². The summed E-state index contributed by atoms with van der Waals surface area (Å²) in [5, 5.41) is 2.74. The van der Waals surface area contributed by atoms with Crippen LogP contribution in [-0.4, -0.2) is 5.91 Å². The fourth-order valence-electron chi connectivity index (χ4n) is 1.71. The van der Waals surface area contributed by atoms with Crippen LogP contribution >= 0.6 is 23.2 Å². The number of halogens is 3. The number of nitrogens with one attached hydrogen (secondary N) is 1. The summed E-state index contributed by atoms with van der Waals surface area (Å²) in [6, 6.07) is 7.22. The Morgan fingerprint density at radius 2 is 2.00 bits per heavy atom. The molecule has 0 aromatic heterocycles. The van der Waals surface area contributed by atoms with E-state index in [9.17, 15) is 9.18 Å². The van der Waals surface area contributed by atoms with E-state index in [-0.39, 0.29) is 10.6 Å². The molecule has 0 unspecified atom stereocenters. The Bertz CT molecular complexity index is 689. The van der Waals surface area contributed by atoms with Crippen molar-refractivity contribution < 1.29 is 9.18 Å². The van der Waals surface area contributed by atoms with Crippen molar-refractivity contribution in [1.29, 1.82) is 0 Å². The summed E-state index contributed by atoms with van der Waals surface area (Å²) in [4.78, 5) is 12.1. The van der Waals surface area contributed by atoms with Crippen molar-refractivity contribution in [2.45, 2.75) is 6.92 Å². The number of hydrogen-bond donors (Lipinski definition) is 2. The van der Waals surface area contributed by atoms with E-state index in [4.69, 9.17) is 28.9 Å². The average molecular weight is 313 g/mol. The number of rotatable bonds is 2. The molecule has 2 aromatic carbocycles. The molecule has 1 amide bonds. The van der Waals surface area contributed by atoms with Crippen LogP contribution in [0.3, 0.4) is 0 Å². The summed E-state index contributed by atoms with van der Waals surface area (Å²) in [5.41, 5.74) is 7.38. The molecule has 0 radical (unpaired) electrons. The molecule has 0 aliphatic rings. The summed E-state index contributed by atoms with van der Waals surface area (Å²) in [6.45, 7) is 1.77. The molecule has 20 heavy (non-hydrogen) atoms. The zero-order chi connectivity index (χ0) is 14.9. The lowest BCUT2D eigenvalue weighted by Crippen LogP contribution is -2.14. The van der Waals surface area contributed by atoms with Crippen LogP contribution in [0.2, 0.25) is 10.0 Å². The van der Waals surface area contributed by atoms with Gasteiger partial charge in [0.1, 0.15) is 5.82 Å². The van der Waals surface area contributed by atoms with E-state index in [0.29, 0.717) is 16.4 Å². The van der Waals surface area contributed by atoms with Crippen molar-refractivity contribution in [3.8, 4) is 0 Å². The Morgan fingerprint density at radius 1 is 1.30 bits per heavy atom. The van der Waals surface area contributed by atoms with Gasteiger partial charge in [-0.3, -0.25) is 4.79 Å². The van der Waals surface area contributed by atoms with Crippen LogP contribution in [0.4, 0.5) is 15.8 Å². The molecule has 0 aliphatic carbocycles. The Labute approximate surface area is 125 Å². The number of aryl methyl sites for hydroxylation is 1. The highest BCUT2D eigenvalue weighted by atomic mass is 35.5. The molecule has 0 spiro atoms. The van der Waals surface area contributed by atoms with E-state index >= 15 is 0 Å². The minimum Gasteiger partial charge on any atom is -0.398 e. The molecule has 3 N–H and O–H groups in total. The highest BCUT2D eigenvalue weighted by Gasteiger charge is 2.15. The summed E-state index contributed by atoms with van der Waals surface area (Å²) in [7, 11) is 0. The quantitative estimate of drug-likeness (QED) is 0.813. The van der Waals surface area contributed by atoms with Gasteiger partial charge < -0.3 is 11.1 Å². The Hall–Kier alpha value is -1.78. The summed E-state index contributed by atoms with van der Waals surface area (Å²) in [6.07, 6.45) is 0. The number of nitrogen functional groups attached to an aromatic ring is 1. The Morgan fingerprint density at radius 3 is 2.70 bits per heavy atom. The molecule has 3 nitrogen and oxygen atoms in total. The van der Waals surface area contributed by atoms with Gasteiger partial charge in [0.15, 0.2) is 0 Å². The van der Waals surface area contributed by atoms with E-state index in [0.717, 1.165) is 5.56 Å². The number of carbonyl (C=O) groups excluding carboxylic acids is 1. The van der Waals surface area contributed by atoms with Crippen molar-refractivity contribution in [2.75, 3.05) is 11.1 Å². The Balaban J connectivity index is 2.33. The summed E-state index contributed by atoms with van der Waals surface area (Å²) in [5.74, 6) is -1.16. The monoisotopic (exact) mass is 312 g/mol. The standard InChI is InChI=1S/C14H11Cl2FN2O/c1-7-5-11(18)9(15)6-12(7)19-14(20)8-3-2-4-10(17)13(8)16/h2-6H,18H2,1H3,(H,19,20). The van der Waals surface area contributed by atoms with Crippen LogP contribution < -0.4 is 11.1 Å². The highest BCUT2D eigenvalue weighted by molar-refractivity contribution is 6.35. The average Bonchev–Trinajstić information content (AvgIpc) is 2.39. The molecule has 0 fully saturated rings. The third-order valence-corrected chi connectivity index (χ3v) is 3.50. The zero-order valence-corrected chi connectivity index (χ0v) is 12.0. The maximum Gasteiger partial charge on any atom is 0.257 e. The van der Waals surface area contributed by atoms with Crippen LogP contribution in [0.15, 0.2) is 30.3 Å². The third-order valence-electron chi connectivity index (χ3n) is 2.79. The molecule has 0 aliphatic heterocycles. The number of benzene rings is 2. The van der Waals surface area contributed by atoms with Crippen molar-refractivity contribution in [3.63, 3.8) is 0 Å². The van der Waals surface area contributed by atoms with Gasteiger partial charge in [0.05, 0.1) is 21.3 Å². The van der Waals surface area contributed by atoms with Crippen LogP contribution in [0, 0.1) is 12.7 Å². The lowest BCUT2D eigenvalue weighted by Gasteiger charge is -2.11. The molecule has 0 atom stereocenters. The first kappa shape index (κ1) is 14.6. The van der Waals surface area contributed by atoms with Crippen molar-refractivity contribution in [1.82, 2.24) is 0 Å². The second-order valence-electron chi connectivity index (χ2n) is 4.24. The van der Waals surface area contributed by atoms with Crippen LogP contribution in [-0.2, 0) is 0 Å². The zero-order valence-electron chi connectivity index (χ0n) is 10.5. The number of amides is 1. The number of hydrogen-bond acceptors (Lipinski definition) is 2. The second kappa shape index (κ2) is 5.69. The molecule has 0 heterocycles. The van der Waals surface area contributed by atoms with Gasteiger partial charge in [-0.1, -0.05) is 29.3 Å². The fraction of sp³-hybridized carbons (Fsp3) is 0.0714. The molecule has 6 heteroatoms. The van der Waals surface area contributed by atoms with E-state index < -0.39 is 11.7 Å².